The van der Waals surface area contributed by atoms with Gasteiger partial charge in [0.05, 0.1) is 17.5 Å². The third-order valence-electron chi connectivity index (χ3n) is 5.88. The van der Waals surface area contributed by atoms with E-state index in [0.717, 1.165) is 37.5 Å². The smallest absolute Gasteiger partial charge is 0.240 e. The van der Waals surface area contributed by atoms with Crippen LogP contribution in [0.3, 0.4) is 0 Å². The van der Waals surface area contributed by atoms with E-state index in [1.165, 1.54) is 24.3 Å². The molecule has 8 nitrogen and oxygen atoms in total. The number of aliphatic hydroxyl groups excluding tert-OH is 1. The number of carbonyl (C=O) groups excluding carboxylic acids is 2. The average Bonchev–Trinajstić information content (AvgIpc) is 3.50. The first-order chi connectivity index (χ1) is 14.5. The Hall–Kier alpha value is -2.07. The lowest BCUT2D eigenvalue weighted by molar-refractivity contribution is -0.132. The van der Waals surface area contributed by atoms with E-state index in [1.807, 2.05) is 0 Å². The van der Waals surface area contributed by atoms with E-state index >= 15 is 0 Å². The minimum Gasteiger partial charge on any atom is -0.386 e. The standard InChI is InChI=1S/C22H30N2O6S/c1-22(13-30-22)20(26)17(12-14-6-4-3-5-7-14)24-21(27)18(23)19(25)15-8-10-16(11-9-15)31(2,28)29/h6,8-11,17-19,25H,3-5,7,12-13,23H2,1-2H3,(H,24,27). The predicted molar refractivity (Wildman–Crippen MR) is 115 cm³/mol. The van der Waals surface area contributed by atoms with Crippen molar-refractivity contribution < 1.29 is 27.9 Å². The first-order valence-corrected chi connectivity index (χ1v) is 12.3. The minimum absolute atomic E-state index is 0.102. The molecule has 9 heteroatoms. The Balaban J connectivity index is 1.70. The van der Waals surface area contributed by atoms with Crippen LogP contribution in [0, 0.1) is 0 Å². The molecular formula is C22H30N2O6S. The van der Waals surface area contributed by atoms with Gasteiger partial charge in [-0.15, -0.1) is 0 Å². The van der Waals surface area contributed by atoms with Gasteiger partial charge in [-0.3, -0.25) is 9.59 Å². The van der Waals surface area contributed by atoms with E-state index in [9.17, 15) is 23.1 Å². The van der Waals surface area contributed by atoms with Crippen molar-refractivity contribution in [3.05, 3.63) is 41.5 Å². The van der Waals surface area contributed by atoms with Crippen LogP contribution in [0.2, 0.25) is 0 Å². The number of nitrogens with one attached hydrogen (secondary N) is 1. The van der Waals surface area contributed by atoms with Crippen LogP contribution in [0.5, 0.6) is 0 Å². The number of hydrogen-bond acceptors (Lipinski definition) is 7. The molecule has 170 valence electrons. The van der Waals surface area contributed by atoms with E-state index in [-0.39, 0.29) is 10.7 Å². The third-order valence-corrected chi connectivity index (χ3v) is 7.00. The second-order valence-corrected chi connectivity index (χ2v) is 10.6. The third kappa shape index (κ3) is 5.79. The number of ether oxygens (including phenoxy) is 1. The van der Waals surface area contributed by atoms with Gasteiger partial charge in [0.25, 0.3) is 0 Å². The van der Waals surface area contributed by atoms with Crippen molar-refractivity contribution in [2.45, 2.75) is 67.7 Å². The van der Waals surface area contributed by atoms with Crippen LogP contribution in [-0.4, -0.2) is 55.8 Å². The Morgan fingerprint density at radius 2 is 1.90 bits per heavy atom. The van der Waals surface area contributed by atoms with Gasteiger partial charge in [0.15, 0.2) is 15.6 Å². The Bertz CT molecular complexity index is 966. The molecule has 4 N–H and O–H groups in total. The molecule has 0 bridgehead atoms. The number of carbonyl (C=O) groups is 2. The molecule has 1 aliphatic heterocycles. The van der Waals surface area contributed by atoms with Crippen LogP contribution >= 0.6 is 0 Å². The van der Waals surface area contributed by atoms with Crippen molar-refractivity contribution in [2.75, 3.05) is 12.9 Å². The van der Waals surface area contributed by atoms with Gasteiger partial charge >= 0.3 is 0 Å². The molecule has 4 atom stereocenters. The number of Topliss-reactive ketones (excluding diaryl/α,β-unsaturated/α-hetero) is 1. The lowest BCUT2D eigenvalue weighted by atomic mass is 9.89. The van der Waals surface area contributed by atoms with Crippen molar-refractivity contribution in [3.63, 3.8) is 0 Å². The highest BCUT2D eigenvalue weighted by molar-refractivity contribution is 7.90. The fraction of sp³-hybridized carbons (Fsp3) is 0.545. The number of epoxide rings is 1. The van der Waals surface area contributed by atoms with Crippen LogP contribution in [0.1, 0.15) is 50.7 Å². The second-order valence-electron chi connectivity index (χ2n) is 8.57. The zero-order chi connectivity index (χ0) is 22.8. The molecule has 1 aromatic carbocycles. The summed E-state index contributed by atoms with van der Waals surface area (Å²) >= 11 is 0. The van der Waals surface area contributed by atoms with Gasteiger partial charge in [-0.25, -0.2) is 8.42 Å². The second kappa shape index (κ2) is 9.20. The van der Waals surface area contributed by atoms with Gasteiger partial charge in [-0.05, 0) is 56.7 Å². The van der Waals surface area contributed by atoms with Crippen molar-refractivity contribution in [2.24, 2.45) is 5.73 Å². The molecule has 0 saturated carbocycles. The first kappa shape index (κ1) is 23.6. The SMILES string of the molecule is CC1(C(=O)C(CC2=CCCCC2)NC(=O)C(N)C(O)c2ccc(S(C)(=O)=O)cc2)CO1. The molecule has 1 saturated heterocycles. The number of aliphatic hydroxyl groups is 1. The van der Waals surface area contributed by atoms with Crippen molar-refractivity contribution in [1.82, 2.24) is 5.32 Å². The quantitative estimate of drug-likeness (QED) is 0.379. The molecule has 31 heavy (non-hydrogen) atoms. The molecule has 1 aromatic rings. The topological polar surface area (TPSA) is 139 Å². The molecule has 1 amide bonds. The Morgan fingerprint density at radius 1 is 1.26 bits per heavy atom. The molecule has 0 radical (unpaired) electrons. The average molecular weight is 451 g/mol. The number of sulfone groups is 1. The highest BCUT2D eigenvalue weighted by atomic mass is 32.2. The van der Waals surface area contributed by atoms with E-state index < -0.39 is 39.5 Å². The maximum absolute atomic E-state index is 12.9. The molecule has 0 spiro atoms. The van der Waals surface area contributed by atoms with E-state index in [1.54, 1.807) is 6.92 Å². The summed E-state index contributed by atoms with van der Waals surface area (Å²) in [5, 5.41) is 13.2. The van der Waals surface area contributed by atoms with Crippen LogP contribution in [0.4, 0.5) is 0 Å². The number of allylic oxidation sites excluding steroid dienone is 1. The summed E-state index contributed by atoms with van der Waals surface area (Å²) in [7, 11) is -3.38. The van der Waals surface area contributed by atoms with Crippen molar-refractivity contribution in [3.8, 4) is 0 Å². The monoisotopic (exact) mass is 450 g/mol. The highest BCUT2D eigenvalue weighted by Gasteiger charge is 2.50. The Labute approximate surface area is 182 Å². The molecule has 1 fully saturated rings. The summed E-state index contributed by atoms with van der Waals surface area (Å²) in [4.78, 5) is 25.8. The maximum atomic E-state index is 12.9. The minimum atomic E-state index is -3.38. The molecule has 3 rings (SSSR count). The first-order valence-electron chi connectivity index (χ1n) is 10.4. The predicted octanol–water partition coefficient (Wildman–Crippen LogP) is 1.18. The number of ketones is 1. The van der Waals surface area contributed by atoms with E-state index in [0.29, 0.717) is 18.6 Å². The lowest BCUT2D eigenvalue weighted by Gasteiger charge is -2.25. The number of hydrogen-bond donors (Lipinski definition) is 3. The van der Waals surface area contributed by atoms with Crippen molar-refractivity contribution in [1.29, 1.82) is 0 Å². The van der Waals surface area contributed by atoms with Gasteiger partial charge in [0.2, 0.25) is 5.91 Å². The van der Waals surface area contributed by atoms with Gasteiger partial charge in [-0.1, -0.05) is 23.8 Å². The van der Waals surface area contributed by atoms with Crippen molar-refractivity contribution >= 4 is 21.5 Å². The molecule has 2 aliphatic rings. The van der Waals surface area contributed by atoms with E-state index in [2.05, 4.69) is 11.4 Å². The maximum Gasteiger partial charge on any atom is 0.240 e. The normalized spacial score (nSPS) is 23.9. The summed E-state index contributed by atoms with van der Waals surface area (Å²) in [5.74, 6) is -0.856. The van der Waals surface area contributed by atoms with Gasteiger partial charge in [0.1, 0.15) is 17.7 Å². The molecule has 4 unspecified atom stereocenters. The largest absolute Gasteiger partial charge is 0.386 e. The van der Waals surface area contributed by atoms with Crippen LogP contribution in [0.25, 0.3) is 0 Å². The zero-order valence-corrected chi connectivity index (χ0v) is 18.7. The number of benzene rings is 1. The molecule has 1 heterocycles. The summed E-state index contributed by atoms with van der Waals surface area (Å²) in [5.41, 5.74) is 6.53. The van der Waals surface area contributed by atoms with Crippen LogP contribution in [-0.2, 0) is 24.2 Å². The fourth-order valence-corrected chi connectivity index (χ4v) is 4.34. The molecule has 1 aliphatic carbocycles. The van der Waals surface area contributed by atoms with Gasteiger partial charge in [-0.2, -0.15) is 0 Å². The van der Waals surface area contributed by atoms with E-state index in [4.69, 9.17) is 10.5 Å². The summed E-state index contributed by atoms with van der Waals surface area (Å²) < 4.78 is 28.5. The molecular weight excluding hydrogens is 420 g/mol. The molecule has 0 aromatic heterocycles. The number of nitrogens with two attached hydrogens (primary N) is 1. The summed E-state index contributed by atoms with van der Waals surface area (Å²) in [6, 6.07) is 3.44. The highest BCUT2D eigenvalue weighted by Crippen LogP contribution is 2.31. The Morgan fingerprint density at radius 3 is 2.42 bits per heavy atom. The van der Waals surface area contributed by atoms with Gasteiger partial charge < -0.3 is 20.9 Å². The lowest BCUT2D eigenvalue weighted by Crippen LogP contribution is -2.53. The summed E-state index contributed by atoms with van der Waals surface area (Å²) in [6.07, 6.45) is 6.25. The van der Waals surface area contributed by atoms with Crippen LogP contribution < -0.4 is 11.1 Å². The van der Waals surface area contributed by atoms with Gasteiger partial charge in [0, 0.05) is 6.26 Å². The number of rotatable bonds is 9. The summed E-state index contributed by atoms with van der Waals surface area (Å²) in [6.45, 7) is 2.01. The Kier molecular flexibility index (Phi) is 7.00. The zero-order valence-electron chi connectivity index (χ0n) is 17.8. The fourth-order valence-electron chi connectivity index (χ4n) is 3.71. The van der Waals surface area contributed by atoms with Crippen LogP contribution in [0.15, 0.2) is 40.8 Å². The number of amides is 1.